The summed E-state index contributed by atoms with van der Waals surface area (Å²) in [7, 11) is 3.59. The molecule has 1 amide bonds. The molecule has 0 radical (unpaired) electrons. The summed E-state index contributed by atoms with van der Waals surface area (Å²) in [6.07, 6.45) is -9.42. The molecule has 3 nitrogen and oxygen atoms in total. The number of hydrogen-bond acceptors (Lipinski definition) is 2. The fourth-order valence-electron chi connectivity index (χ4n) is 1.79. The zero-order valence-corrected chi connectivity index (χ0v) is 12.5. The summed E-state index contributed by atoms with van der Waals surface area (Å²) in [5, 5.41) is 2.31. The van der Waals surface area contributed by atoms with Crippen LogP contribution in [0.25, 0.3) is 0 Å². The number of benzene rings is 1. The van der Waals surface area contributed by atoms with Gasteiger partial charge in [0.05, 0.1) is 11.1 Å². The molecule has 0 heterocycles. The molecule has 0 unspecified atom stereocenters. The van der Waals surface area contributed by atoms with Crippen molar-refractivity contribution in [2.24, 2.45) is 0 Å². The van der Waals surface area contributed by atoms with Crippen LogP contribution < -0.4 is 5.32 Å². The Morgan fingerprint density at radius 3 is 1.87 bits per heavy atom. The Balaban J connectivity index is 2.99. The Morgan fingerprint density at radius 2 is 1.48 bits per heavy atom. The minimum atomic E-state index is -4.97. The highest BCUT2D eigenvalue weighted by atomic mass is 19.4. The van der Waals surface area contributed by atoms with Crippen LogP contribution in [0.2, 0.25) is 0 Å². The van der Waals surface area contributed by atoms with Crippen molar-refractivity contribution in [3.05, 3.63) is 34.9 Å². The van der Waals surface area contributed by atoms with Crippen molar-refractivity contribution < 1.29 is 31.1 Å². The minimum Gasteiger partial charge on any atom is -0.352 e. The van der Waals surface area contributed by atoms with E-state index in [2.05, 4.69) is 5.32 Å². The molecule has 0 spiro atoms. The third-order valence-corrected chi connectivity index (χ3v) is 2.92. The lowest BCUT2D eigenvalue weighted by Gasteiger charge is -2.14. The lowest BCUT2D eigenvalue weighted by Crippen LogP contribution is -2.27. The molecule has 0 bridgehead atoms. The minimum absolute atomic E-state index is 0.0111. The molecular weight excluding hydrogens is 326 g/mol. The van der Waals surface area contributed by atoms with Crippen LogP contribution in [0.15, 0.2) is 18.2 Å². The van der Waals surface area contributed by atoms with E-state index in [1.807, 2.05) is 4.90 Å². The number of halogens is 6. The summed E-state index contributed by atoms with van der Waals surface area (Å²) >= 11 is 0. The van der Waals surface area contributed by atoms with Crippen molar-refractivity contribution in [2.75, 3.05) is 27.2 Å². The van der Waals surface area contributed by atoms with E-state index >= 15 is 0 Å². The molecule has 0 atom stereocenters. The van der Waals surface area contributed by atoms with Crippen molar-refractivity contribution in [3.63, 3.8) is 0 Å². The molecule has 0 aliphatic carbocycles. The highest BCUT2D eigenvalue weighted by Gasteiger charge is 2.37. The second-order valence-corrected chi connectivity index (χ2v) is 5.21. The Bertz CT molecular complexity index is 519. The molecule has 23 heavy (non-hydrogen) atoms. The van der Waals surface area contributed by atoms with Gasteiger partial charge in [-0.05, 0) is 45.3 Å². The van der Waals surface area contributed by atoms with Crippen LogP contribution in [0.5, 0.6) is 0 Å². The average Bonchev–Trinajstić information content (AvgIpc) is 2.40. The first kappa shape index (κ1) is 19.3. The SMILES string of the molecule is CN(C)CCCNC(=O)c1cc(C(F)(F)F)cc(C(F)(F)F)c1. The van der Waals surface area contributed by atoms with E-state index in [0.29, 0.717) is 25.1 Å². The summed E-state index contributed by atoms with van der Waals surface area (Å²) in [5.41, 5.74) is -3.69. The molecule has 1 aromatic rings. The van der Waals surface area contributed by atoms with Crippen LogP contribution in [0, 0.1) is 0 Å². The van der Waals surface area contributed by atoms with Gasteiger partial charge >= 0.3 is 12.4 Å². The van der Waals surface area contributed by atoms with E-state index in [9.17, 15) is 31.1 Å². The quantitative estimate of drug-likeness (QED) is 0.657. The number of nitrogens with one attached hydrogen (secondary N) is 1. The van der Waals surface area contributed by atoms with Crippen LogP contribution >= 0.6 is 0 Å². The third kappa shape index (κ3) is 6.09. The van der Waals surface area contributed by atoms with Crippen molar-refractivity contribution in [2.45, 2.75) is 18.8 Å². The Morgan fingerprint density at radius 1 is 1.00 bits per heavy atom. The summed E-state index contributed by atoms with van der Waals surface area (Å²) in [5.74, 6) is -0.972. The number of rotatable bonds is 5. The van der Waals surface area contributed by atoms with Crippen LogP contribution in [-0.2, 0) is 12.4 Å². The number of nitrogens with zero attached hydrogens (tertiary/aromatic N) is 1. The molecular formula is C14H16F6N2O. The molecule has 0 saturated carbocycles. The molecule has 0 aliphatic heterocycles. The van der Waals surface area contributed by atoms with E-state index < -0.39 is 35.0 Å². The van der Waals surface area contributed by atoms with Gasteiger partial charge in [-0.2, -0.15) is 26.3 Å². The molecule has 1 N–H and O–H groups in total. The van der Waals surface area contributed by atoms with Gasteiger partial charge in [-0.1, -0.05) is 0 Å². The van der Waals surface area contributed by atoms with Gasteiger partial charge in [0.1, 0.15) is 0 Å². The predicted octanol–water partition coefficient (Wildman–Crippen LogP) is 3.41. The van der Waals surface area contributed by atoms with Crippen LogP contribution in [0.3, 0.4) is 0 Å². The molecule has 0 aromatic heterocycles. The topological polar surface area (TPSA) is 32.3 Å². The zero-order chi connectivity index (χ0) is 17.8. The monoisotopic (exact) mass is 342 g/mol. The molecule has 1 aromatic carbocycles. The predicted molar refractivity (Wildman–Crippen MR) is 72.0 cm³/mol. The summed E-state index contributed by atoms with van der Waals surface area (Å²) in [6, 6.07) is 0.815. The van der Waals surface area contributed by atoms with Crippen molar-refractivity contribution >= 4 is 5.91 Å². The van der Waals surface area contributed by atoms with Crippen molar-refractivity contribution in [1.29, 1.82) is 0 Å². The van der Waals surface area contributed by atoms with Crippen LogP contribution in [-0.4, -0.2) is 38.0 Å². The molecule has 130 valence electrons. The fraction of sp³-hybridized carbons (Fsp3) is 0.500. The molecule has 1 rings (SSSR count). The van der Waals surface area contributed by atoms with Crippen molar-refractivity contribution in [1.82, 2.24) is 10.2 Å². The number of carbonyl (C=O) groups excluding carboxylic acids is 1. The van der Waals surface area contributed by atoms with E-state index in [4.69, 9.17) is 0 Å². The molecule has 0 fully saturated rings. The fourth-order valence-corrected chi connectivity index (χ4v) is 1.79. The van der Waals surface area contributed by atoms with Crippen LogP contribution in [0.4, 0.5) is 26.3 Å². The second-order valence-electron chi connectivity index (χ2n) is 5.21. The van der Waals surface area contributed by atoms with Gasteiger partial charge in [0.2, 0.25) is 0 Å². The third-order valence-electron chi connectivity index (χ3n) is 2.92. The number of hydrogen-bond donors (Lipinski definition) is 1. The van der Waals surface area contributed by atoms with E-state index in [1.54, 1.807) is 14.1 Å². The lowest BCUT2D eigenvalue weighted by atomic mass is 10.0. The van der Waals surface area contributed by atoms with Gasteiger partial charge in [-0.25, -0.2) is 0 Å². The Kier molecular flexibility index (Phi) is 6.04. The molecule has 9 heteroatoms. The van der Waals surface area contributed by atoms with Gasteiger partial charge in [0.15, 0.2) is 0 Å². The van der Waals surface area contributed by atoms with Gasteiger partial charge in [0, 0.05) is 12.1 Å². The summed E-state index contributed by atoms with van der Waals surface area (Å²) in [4.78, 5) is 13.6. The number of carbonyl (C=O) groups is 1. The smallest absolute Gasteiger partial charge is 0.352 e. The van der Waals surface area contributed by atoms with Crippen LogP contribution in [0.1, 0.15) is 27.9 Å². The Hall–Kier alpha value is -1.77. The maximum atomic E-state index is 12.7. The maximum absolute atomic E-state index is 12.7. The van der Waals surface area contributed by atoms with Crippen molar-refractivity contribution in [3.8, 4) is 0 Å². The zero-order valence-electron chi connectivity index (χ0n) is 12.5. The van der Waals surface area contributed by atoms with E-state index in [0.717, 1.165) is 0 Å². The van der Waals surface area contributed by atoms with Gasteiger partial charge in [-0.3, -0.25) is 4.79 Å². The van der Waals surface area contributed by atoms with E-state index in [-0.39, 0.29) is 12.6 Å². The first-order chi connectivity index (χ1) is 10.4. The first-order valence-electron chi connectivity index (χ1n) is 6.63. The number of amides is 1. The lowest BCUT2D eigenvalue weighted by molar-refractivity contribution is -0.143. The standard InChI is InChI=1S/C14H16F6N2O/c1-22(2)5-3-4-21-12(23)9-6-10(13(15,16)17)8-11(7-9)14(18,19)20/h6-8H,3-5H2,1-2H3,(H,21,23). The first-order valence-corrected chi connectivity index (χ1v) is 6.63. The average molecular weight is 342 g/mol. The highest BCUT2D eigenvalue weighted by molar-refractivity contribution is 5.94. The molecule has 0 saturated heterocycles. The number of alkyl halides is 6. The largest absolute Gasteiger partial charge is 0.416 e. The Labute approximate surface area is 129 Å². The maximum Gasteiger partial charge on any atom is 0.416 e. The normalized spacial score (nSPS) is 12.6. The van der Waals surface area contributed by atoms with Gasteiger partial charge in [0.25, 0.3) is 5.91 Å². The van der Waals surface area contributed by atoms with Gasteiger partial charge in [-0.15, -0.1) is 0 Å². The van der Waals surface area contributed by atoms with E-state index in [1.165, 1.54) is 0 Å². The summed E-state index contributed by atoms with van der Waals surface area (Å²) < 4.78 is 76.1. The second kappa shape index (κ2) is 7.20. The molecule has 0 aliphatic rings. The van der Waals surface area contributed by atoms with Gasteiger partial charge < -0.3 is 10.2 Å². The highest BCUT2D eigenvalue weighted by Crippen LogP contribution is 2.36. The summed E-state index contributed by atoms with van der Waals surface area (Å²) in [6.45, 7) is 0.769.